The van der Waals surface area contributed by atoms with Crippen LogP contribution in [-0.2, 0) is 14.8 Å². The predicted octanol–water partition coefficient (Wildman–Crippen LogP) is 1.71. The highest BCUT2D eigenvalue weighted by Gasteiger charge is 2.36. The Hall–Kier alpha value is -1.31. The van der Waals surface area contributed by atoms with E-state index in [4.69, 9.17) is 16.3 Å². The van der Waals surface area contributed by atoms with Gasteiger partial charge in [-0.1, -0.05) is 11.6 Å². The molecule has 1 aromatic carbocycles. The molecule has 0 radical (unpaired) electrons. The molecule has 0 aliphatic carbocycles. The van der Waals surface area contributed by atoms with Gasteiger partial charge in [0.1, 0.15) is 11.8 Å². The summed E-state index contributed by atoms with van der Waals surface area (Å²) >= 11 is 5.99. The Labute approximate surface area is 129 Å². The number of halogens is 1. The van der Waals surface area contributed by atoms with Gasteiger partial charge >= 0.3 is 0 Å². The van der Waals surface area contributed by atoms with Crippen molar-refractivity contribution >= 4 is 33.2 Å². The lowest BCUT2D eigenvalue weighted by atomic mass is 10.2. The molecule has 1 saturated heterocycles. The summed E-state index contributed by atoms with van der Waals surface area (Å²) in [7, 11) is -1.88. The fourth-order valence-corrected chi connectivity index (χ4v) is 3.75. The molecule has 0 bridgehead atoms. The van der Waals surface area contributed by atoms with Crippen molar-refractivity contribution in [1.29, 1.82) is 0 Å². The van der Waals surface area contributed by atoms with E-state index in [1.165, 1.54) is 11.4 Å². The van der Waals surface area contributed by atoms with E-state index < -0.39 is 16.1 Å². The molecule has 6 nitrogen and oxygen atoms in total. The molecule has 1 amide bonds. The maximum absolute atomic E-state index is 12.2. The normalized spacial score (nSPS) is 19.5. The largest absolute Gasteiger partial charge is 0.495 e. The molecule has 0 saturated carbocycles. The van der Waals surface area contributed by atoms with E-state index in [0.29, 0.717) is 35.8 Å². The van der Waals surface area contributed by atoms with Crippen molar-refractivity contribution in [3.63, 3.8) is 0 Å². The summed E-state index contributed by atoms with van der Waals surface area (Å²) in [4.78, 5) is 12.2. The molecule has 1 fully saturated rings. The summed E-state index contributed by atoms with van der Waals surface area (Å²) in [6.45, 7) is 0.375. The minimum atomic E-state index is -3.38. The molecule has 8 heteroatoms. The molecule has 0 aromatic heterocycles. The van der Waals surface area contributed by atoms with E-state index in [1.807, 2.05) is 0 Å². The number of methoxy groups -OCH3 is 1. The van der Waals surface area contributed by atoms with Gasteiger partial charge in [-0.05, 0) is 31.0 Å². The van der Waals surface area contributed by atoms with Crippen molar-refractivity contribution in [3.05, 3.63) is 23.2 Å². The van der Waals surface area contributed by atoms with Gasteiger partial charge in [0.2, 0.25) is 15.9 Å². The maximum Gasteiger partial charge on any atom is 0.242 e. The second-order valence-electron chi connectivity index (χ2n) is 4.87. The van der Waals surface area contributed by atoms with E-state index in [0.717, 1.165) is 6.26 Å². The minimum absolute atomic E-state index is 0.348. The van der Waals surface area contributed by atoms with Crippen LogP contribution in [0.25, 0.3) is 0 Å². The average molecular weight is 333 g/mol. The maximum atomic E-state index is 12.2. The first-order chi connectivity index (χ1) is 9.82. The highest BCUT2D eigenvalue weighted by molar-refractivity contribution is 7.88. The van der Waals surface area contributed by atoms with E-state index in [-0.39, 0.29) is 5.91 Å². The van der Waals surface area contributed by atoms with Crippen LogP contribution in [-0.4, -0.2) is 44.6 Å². The topological polar surface area (TPSA) is 75.7 Å². The standard InChI is InChI=1S/C13H17ClN2O4S/c1-20-12-6-5-9(8-10(12)14)15-13(17)11-4-3-7-16(11)21(2,18)19/h5-6,8,11H,3-4,7H2,1-2H3,(H,15,17)/t11-/m0/s1. The van der Waals surface area contributed by atoms with Gasteiger partial charge in [0, 0.05) is 12.2 Å². The lowest BCUT2D eigenvalue weighted by Gasteiger charge is -2.21. The Morgan fingerprint density at radius 2 is 2.19 bits per heavy atom. The van der Waals surface area contributed by atoms with Gasteiger partial charge in [-0.15, -0.1) is 0 Å². The van der Waals surface area contributed by atoms with E-state index in [2.05, 4.69) is 5.32 Å². The van der Waals surface area contributed by atoms with Crippen LogP contribution in [0.4, 0.5) is 5.69 Å². The zero-order valence-corrected chi connectivity index (χ0v) is 13.4. The van der Waals surface area contributed by atoms with Crippen molar-refractivity contribution < 1.29 is 17.9 Å². The van der Waals surface area contributed by atoms with Crippen molar-refractivity contribution in [3.8, 4) is 5.75 Å². The first-order valence-electron chi connectivity index (χ1n) is 6.44. The molecule has 116 valence electrons. The van der Waals surface area contributed by atoms with Crippen molar-refractivity contribution in [2.24, 2.45) is 0 Å². The molecule has 0 spiro atoms. The molecule has 1 aliphatic rings. The molecular formula is C13H17ClN2O4S. The molecule has 1 aliphatic heterocycles. The van der Waals surface area contributed by atoms with Gasteiger partial charge in [0.25, 0.3) is 0 Å². The Kier molecular flexibility index (Phi) is 4.75. The lowest BCUT2D eigenvalue weighted by Crippen LogP contribution is -2.42. The van der Waals surface area contributed by atoms with Gasteiger partial charge in [-0.2, -0.15) is 4.31 Å². The molecule has 1 heterocycles. The average Bonchev–Trinajstić information content (AvgIpc) is 2.88. The Morgan fingerprint density at radius 3 is 2.76 bits per heavy atom. The third-order valence-corrected chi connectivity index (χ3v) is 4.94. The van der Waals surface area contributed by atoms with Gasteiger partial charge in [-0.25, -0.2) is 8.42 Å². The van der Waals surface area contributed by atoms with Gasteiger partial charge in [0.15, 0.2) is 0 Å². The first kappa shape index (κ1) is 16.1. The molecule has 1 aromatic rings. The van der Waals surface area contributed by atoms with Crippen molar-refractivity contribution in [1.82, 2.24) is 4.31 Å². The van der Waals surface area contributed by atoms with Crippen molar-refractivity contribution in [2.45, 2.75) is 18.9 Å². The number of hydrogen-bond donors (Lipinski definition) is 1. The third kappa shape index (κ3) is 3.66. The van der Waals surface area contributed by atoms with Crippen LogP contribution < -0.4 is 10.1 Å². The fraction of sp³-hybridized carbons (Fsp3) is 0.462. The molecule has 1 atom stereocenters. The lowest BCUT2D eigenvalue weighted by molar-refractivity contribution is -0.119. The van der Waals surface area contributed by atoms with Crippen LogP contribution >= 0.6 is 11.6 Å². The van der Waals surface area contributed by atoms with Crippen LogP contribution in [0.15, 0.2) is 18.2 Å². The second-order valence-corrected chi connectivity index (χ2v) is 7.21. The smallest absolute Gasteiger partial charge is 0.242 e. The number of sulfonamides is 1. The summed E-state index contributed by atoms with van der Waals surface area (Å²) in [5.74, 6) is 0.160. The van der Waals surface area contributed by atoms with E-state index >= 15 is 0 Å². The van der Waals surface area contributed by atoms with Gasteiger partial charge < -0.3 is 10.1 Å². The van der Waals surface area contributed by atoms with Gasteiger partial charge in [-0.3, -0.25) is 4.79 Å². The minimum Gasteiger partial charge on any atom is -0.495 e. The first-order valence-corrected chi connectivity index (χ1v) is 8.67. The monoisotopic (exact) mass is 332 g/mol. The number of rotatable bonds is 4. The SMILES string of the molecule is COc1ccc(NC(=O)[C@@H]2CCCN2S(C)(=O)=O)cc1Cl. The summed E-state index contributed by atoms with van der Waals surface area (Å²) in [5.41, 5.74) is 0.506. The number of nitrogens with one attached hydrogen (secondary N) is 1. The fourth-order valence-electron chi connectivity index (χ4n) is 2.37. The van der Waals surface area contributed by atoms with Crippen LogP contribution in [0.2, 0.25) is 5.02 Å². The molecule has 1 N–H and O–H groups in total. The van der Waals surface area contributed by atoms with E-state index in [1.54, 1.807) is 18.2 Å². The van der Waals surface area contributed by atoms with Crippen LogP contribution in [0.1, 0.15) is 12.8 Å². The highest BCUT2D eigenvalue weighted by atomic mass is 35.5. The zero-order valence-electron chi connectivity index (χ0n) is 11.8. The third-order valence-electron chi connectivity index (χ3n) is 3.35. The number of amides is 1. The Bertz CT molecular complexity index is 648. The number of nitrogens with zero attached hydrogens (tertiary/aromatic N) is 1. The number of benzene rings is 1. The quantitative estimate of drug-likeness (QED) is 0.910. The highest BCUT2D eigenvalue weighted by Crippen LogP contribution is 2.28. The molecule has 21 heavy (non-hydrogen) atoms. The summed E-state index contributed by atoms with van der Waals surface area (Å²) in [5, 5.41) is 3.07. The molecular weight excluding hydrogens is 316 g/mol. The number of ether oxygens (including phenoxy) is 1. The van der Waals surface area contributed by atoms with E-state index in [9.17, 15) is 13.2 Å². The molecule has 2 rings (SSSR count). The Balaban J connectivity index is 2.13. The number of hydrogen-bond acceptors (Lipinski definition) is 4. The van der Waals surface area contributed by atoms with Crippen LogP contribution in [0.3, 0.4) is 0 Å². The number of carbonyl (C=O) groups is 1. The Morgan fingerprint density at radius 1 is 1.48 bits per heavy atom. The van der Waals surface area contributed by atoms with Crippen LogP contribution in [0, 0.1) is 0 Å². The zero-order chi connectivity index (χ0) is 15.6. The van der Waals surface area contributed by atoms with Crippen LogP contribution in [0.5, 0.6) is 5.75 Å². The number of carbonyl (C=O) groups excluding carboxylic acids is 1. The predicted molar refractivity (Wildman–Crippen MR) is 81.2 cm³/mol. The second kappa shape index (κ2) is 6.21. The van der Waals surface area contributed by atoms with Gasteiger partial charge in [0.05, 0.1) is 18.4 Å². The summed E-state index contributed by atoms with van der Waals surface area (Å²) in [6.07, 6.45) is 2.31. The molecule has 0 unspecified atom stereocenters. The van der Waals surface area contributed by atoms with Crippen molar-refractivity contribution in [2.75, 3.05) is 25.2 Å². The summed E-state index contributed by atoms with van der Waals surface area (Å²) < 4.78 is 29.6. The summed E-state index contributed by atoms with van der Waals surface area (Å²) in [6, 6.07) is 4.20. The number of anilines is 1.